The highest BCUT2D eigenvalue weighted by Crippen LogP contribution is 2.29. The smallest absolute Gasteiger partial charge is 0.260 e. The second-order valence-corrected chi connectivity index (χ2v) is 4.99. The van der Waals surface area contributed by atoms with Gasteiger partial charge in [0.25, 0.3) is 5.89 Å². The maximum Gasteiger partial charge on any atom is 0.260 e. The molecule has 0 saturated carbocycles. The number of nitrogens with one attached hydrogen (secondary N) is 1. The fourth-order valence-corrected chi connectivity index (χ4v) is 2.29. The zero-order chi connectivity index (χ0) is 15.0. The summed E-state index contributed by atoms with van der Waals surface area (Å²) < 4.78 is 44.3. The van der Waals surface area contributed by atoms with Crippen LogP contribution in [-0.4, -0.2) is 28.3 Å². The van der Waals surface area contributed by atoms with Crippen molar-refractivity contribution < 1.29 is 22.8 Å². The number of halogens is 3. The summed E-state index contributed by atoms with van der Waals surface area (Å²) in [7, 11) is 0. The van der Waals surface area contributed by atoms with Crippen LogP contribution >= 0.6 is 0 Å². The van der Waals surface area contributed by atoms with Gasteiger partial charge < -0.3 is 14.9 Å². The van der Waals surface area contributed by atoms with Crippen LogP contribution < -0.4 is 5.32 Å². The molecule has 0 spiro atoms. The number of nitrogens with zero attached hydrogens (tertiary/aromatic N) is 2. The molecule has 1 atom stereocenters. The number of benzene rings is 1. The molecule has 0 radical (unpaired) electrons. The van der Waals surface area contributed by atoms with E-state index in [0.29, 0.717) is 6.42 Å². The maximum atomic E-state index is 13.2. The average molecular weight is 299 g/mol. The molecule has 0 amide bonds. The van der Waals surface area contributed by atoms with Crippen molar-refractivity contribution in [3.8, 4) is 11.4 Å². The van der Waals surface area contributed by atoms with Gasteiger partial charge in [-0.3, -0.25) is 0 Å². The summed E-state index contributed by atoms with van der Waals surface area (Å²) in [5, 5.41) is 17.0. The van der Waals surface area contributed by atoms with Crippen LogP contribution in [0.3, 0.4) is 0 Å². The van der Waals surface area contributed by atoms with Crippen molar-refractivity contribution >= 4 is 0 Å². The van der Waals surface area contributed by atoms with Crippen LogP contribution in [0.2, 0.25) is 0 Å². The van der Waals surface area contributed by atoms with Gasteiger partial charge in [-0.1, -0.05) is 5.16 Å². The van der Waals surface area contributed by atoms with Gasteiger partial charge in [0.1, 0.15) is 0 Å². The van der Waals surface area contributed by atoms with Gasteiger partial charge in [0.15, 0.2) is 23.1 Å². The minimum Gasteiger partial charge on any atom is -0.379 e. The second-order valence-electron chi connectivity index (χ2n) is 4.99. The third-order valence-electron chi connectivity index (χ3n) is 3.43. The molecule has 5 nitrogen and oxygen atoms in total. The third kappa shape index (κ3) is 2.52. The Morgan fingerprint density at radius 2 is 1.95 bits per heavy atom. The first-order valence-corrected chi connectivity index (χ1v) is 6.42. The van der Waals surface area contributed by atoms with Gasteiger partial charge in [0.2, 0.25) is 5.82 Å². The summed E-state index contributed by atoms with van der Waals surface area (Å²) in [5.41, 5.74) is -1.37. The molecule has 1 aromatic heterocycles. The van der Waals surface area contributed by atoms with E-state index in [0.717, 1.165) is 25.1 Å². The lowest BCUT2D eigenvalue weighted by Gasteiger charge is -2.28. The van der Waals surface area contributed by atoms with Gasteiger partial charge in [-0.2, -0.15) is 4.98 Å². The second kappa shape index (κ2) is 5.12. The van der Waals surface area contributed by atoms with E-state index in [4.69, 9.17) is 4.52 Å². The molecule has 2 aromatic rings. The summed E-state index contributed by atoms with van der Waals surface area (Å²) in [4.78, 5) is 3.96. The fourth-order valence-electron chi connectivity index (χ4n) is 2.29. The van der Waals surface area contributed by atoms with Crippen LogP contribution in [0.1, 0.15) is 18.7 Å². The predicted molar refractivity (Wildman–Crippen MR) is 65.6 cm³/mol. The van der Waals surface area contributed by atoms with Crippen molar-refractivity contribution in [3.63, 3.8) is 0 Å². The zero-order valence-corrected chi connectivity index (χ0v) is 10.9. The Morgan fingerprint density at radius 3 is 2.57 bits per heavy atom. The van der Waals surface area contributed by atoms with Crippen molar-refractivity contribution in [2.24, 2.45) is 0 Å². The van der Waals surface area contributed by atoms with Gasteiger partial charge in [-0.05, 0) is 31.5 Å². The van der Waals surface area contributed by atoms with Crippen molar-refractivity contribution in [1.82, 2.24) is 15.5 Å². The van der Waals surface area contributed by atoms with Crippen LogP contribution in [0.4, 0.5) is 13.2 Å². The Hall–Kier alpha value is -1.93. The molecule has 1 fully saturated rings. The lowest BCUT2D eigenvalue weighted by atomic mass is 9.94. The summed E-state index contributed by atoms with van der Waals surface area (Å²) >= 11 is 0. The first-order valence-electron chi connectivity index (χ1n) is 6.42. The summed E-state index contributed by atoms with van der Waals surface area (Å²) in [6, 6.07) is 1.55. The average Bonchev–Trinajstić information content (AvgIpc) is 2.95. The topological polar surface area (TPSA) is 71.2 Å². The van der Waals surface area contributed by atoms with Crippen LogP contribution in [0.15, 0.2) is 16.7 Å². The Morgan fingerprint density at radius 1 is 1.24 bits per heavy atom. The van der Waals surface area contributed by atoms with Crippen molar-refractivity contribution in [2.75, 3.05) is 13.1 Å². The number of aromatic nitrogens is 2. The Labute approximate surface area is 117 Å². The number of hydrogen-bond donors (Lipinski definition) is 2. The lowest BCUT2D eigenvalue weighted by Crippen LogP contribution is -2.43. The summed E-state index contributed by atoms with van der Waals surface area (Å²) in [6.45, 7) is 1.03. The number of β-amino-alcohol motifs (C(OH)–C–C–N with tert-alkyl or cyclic N) is 1. The first-order chi connectivity index (χ1) is 9.99. The van der Waals surface area contributed by atoms with Crippen molar-refractivity contribution in [2.45, 2.75) is 18.4 Å². The molecule has 8 heteroatoms. The first kappa shape index (κ1) is 14.0. The highest BCUT2D eigenvalue weighted by molar-refractivity contribution is 5.54. The standard InChI is InChI=1S/C13H12F3N3O2/c14-8-4-7(5-9(15)10(8)16)11-18-12(21-19-11)13(20)2-1-3-17-6-13/h4-5,17,20H,1-3,6H2. The van der Waals surface area contributed by atoms with Crippen LogP contribution in [0, 0.1) is 17.5 Å². The van der Waals surface area contributed by atoms with E-state index in [9.17, 15) is 18.3 Å². The van der Waals surface area contributed by atoms with E-state index in [-0.39, 0.29) is 23.8 Å². The van der Waals surface area contributed by atoms with Crippen LogP contribution in [0.5, 0.6) is 0 Å². The molecule has 1 aliphatic heterocycles. The molecular weight excluding hydrogens is 287 g/mol. The van der Waals surface area contributed by atoms with Gasteiger partial charge in [0, 0.05) is 12.1 Å². The Balaban J connectivity index is 1.95. The predicted octanol–water partition coefficient (Wildman–Crippen LogP) is 1.72. The van der Waals surface area contributed by atoms with E-state index in [1.807, 2.05) is 0 Å². The SMILES string of the molecule is OC1(c2nc(-c3cc(F)c(F)c(F)c3)no2)CCCNC1. The molecule has 1 aliphatic rings. The molecule has 2 N–H and O–H groups in total. The molecule has 0 bridgehead atoms. The highest BCUT2D eigenvalue weighted by atomic mass is 19.2. The Kier molecular flexibility index (Phi) is 3.42. The van der Waals surface area contributed by atoms with Gasteiger partial charge in [-0.25, -0.2) is 13.2 Å². The van der Waals surface area contributed by atoms with Crippen molar-refractivity contribution in [3.05, 3.63) is 35.5 Å². The lowest BCUT2D eigenvalue weighted by molar-refractivity contribution is -0.0167. The number of hydrogen-bond acceptors (Lipinski definition) is 5. The van der Waals surface area contributed by atoms with Gasteiger partial charge >= 0.3 is 0 Å². The molecule has 3 rings (SSSR count). The van der Waals surface area contributed by atoms with E-state index in [1.54, 1.807) is 0 Å². The summed E-state index contributed by atoms with van der Waals surface area (Å²) in [5.74, 6) is -4.38. The van der Waals surface area contributed by atoms with Crippen LogP contribution in [-0.2, 0) is 5.60 Å². The minimum atomic E-state index is -1.56. The number of piperidine rings is 1. The van der Waals surface area contributed by atoms with E-state index in [1.165, 1.54) is 0 Å². The molecule has 1 aromatic carbocycles. The molecular formula is C13H12F3N3O2. The molecule has 2 heterocycles. The molecule has 1 saturated heterocycles. The third-order valence-corrected chi connectivity index (χ3v) is 3.43. The summed E-state index contributed by atoms with van der Waals surface area (Å²) in [6.07, 6.45) is 1.17. The van der Waals surface area contributed by atoms with E-state index in [2.05, 4.69) is 15.5 Å². The van der Waals surface area contributed by atoms with Crippen LogP contribution in [0.25, 0.3) is 11.4 Å². The number of rotatable bonds is 2. The Bertz CT molecular complexity index is 645. The molecule has 0 aliphatic carbocycles. The molecule has 112 valence electrons. The fraction of sp³-hybridized carbons (Fsp3) is 0.385. The quantitative estimate of drug-likeness (QED) is 0.826. The number of aliphatic hydroxyl groups is 1. The van der Waals surface area contributed by atoms with Crippen molar-refractivity contribution in [1.29, 1.82) is 0 Å². The monoisotopic (exact) mass is 299 g/mol. The van der Waals surface area contributed by atoms with Gasteiger partial charge in [-0.15, -0.1) is 0 Å². The zero-order valence-electron chi connectivity index (χ0n) is 10.9. The van der Waals surface area contributed by atoms with E-state index < -0.39 is 23.1 Å². The normalized spacial score (nSPS) is 22.5. The molecule has 21 heavy (non-hydrogen) atoms. The maximum absolute atomic E-state index is 13.2. The largest absolute Gasteiger partial charge is 0.379 e. The highest BCUT2D eigenvalue weighted by Gasteiger charge is 2.37. The molecule has 1 unspecified atom stereocenters. The van der Waals surface area contributed by atoms with Gasteiger partial charge in [0.05, 0.1) is 0 Å². The van der Waals surface area contributed by atoms with E-state index >= 15 is 0 Å². The minimum absolute atomic E-state index is 0.0326.